The Morgan fingerprint density at radius 1 is 0.889 bits per heavy atom. The van der Waals surface area contributed by atoms with E-state index in [9.17, 15) is 9.59 Å². The maximum absolute atomic E-state index is 11.6. The van der Waals surface area contributed by atoms with Gasteiger partial charge in [0.2, 0.25) is 0 Å². The average molecular weight is 372 g/mol. The van der Waals surface area contributed by atoms with Crippen molar-refractivity contribution in [3.8, 4) is 11.5 Å². The molecular weight excluding hydrogens is 348 g/mol. The van der Waals surface area contributed by atoms with E-state index in [2.05, 4.69) is 4.74 Å². The molecule has 0 bridgehead atoms. The number of hydrogen-bond donors (Lipinski definition) is 0. The molecule has 0 unspecified atom stereocenters. The van der Waals surface area contributed by atoms with Crippen molar-refractivity contribution in [3.63, 3.8) is 0 Å². The summed E-state index contributed by atoms with van der Waals surface area (Å²) in [6, 6.07) is 14.0. The van der Waals surface area contributed by atoms with Crippen molar-refractivity contribution in [2.75, 3.05) is 13.7 Å². The molecule has 0 aliphatic heterocycles. The molecule has 2 aromatic carbocycles. The van der Waals surface area contributed by atoms with Crippen LogP contribution in [0.3, 0.4) is 0 Å². The van der Waals surface area contributed by atoms with Gasteiger partial charge in [0.1, 0.15) is 23.7 Å². The van der Waals surface area contributed by atoms with Crippen LogP contribution in [-0.2, 0) is 25.6 Å². The summed E-state index contributed by atoms with van der Waals surface area (Å²) in [5.41, 5.74) is 0.850. The molecule has 0 fully saturated rings. The Hall–Kier alpha value is -2.86. The van der Waals surface area contributed by atoms with Crippen molar-refractivity contribution in [3.05, 3.63) is 59.7 Å². The number of carbonyl (C=O) groups excluding carboxylic acids is 2. The van der Waals surface area contributed by atoms with Crippen LogP contribution in [0.1, 0.15) is 36.7 Å². The van der Waals surface area contributed by atoms with Gasteiger partial charge in [-0.25, -0.2) is 9.59 Å². The highest BCUT2D eigenvalue weighted by Crippen LogP contribution is 2.22. The van der Waals surface area contributed by atoms with E-state index in [4.69, 9.17) is 14.2 Å². The summed E-state index contributed by atoms with van der Waals surface area (Å²) >= 11 is 0. The molecule has 0 aliphatic carbocycles. The highest BCUT2D eigenvalue weighted by atomic mass is 16.6. The Bertz CT molecular complexity index is 757. The van der Waals surface area contributed by atoms with Crippen molar-refractivity contribution >= 4 is 11.9 Å². The van der Waals surface area contributed by atoms with Crippen LogP contribution in [0.4, 0.5) is 0 Å². The normalized spacial score (nSPS) is 11.0. The zero-order valence-electron chi connectivity index (χ0n) is 16.0. The molecule has 0 aliphatic rings. The quantitative estimate of drug-likeness (QED) is 0.681. The molecule has 0 heterocycles. The first-order chi connectivity index (χ1) is 12.8. The van der Waals surface area contributed by atoms with Gasteiger partial charge in [-0.15, -0.1) is 0 Å². The number of ether oxygens (including phenoxy) is 4. The molecule has 0 N–H and O–H groups in total. The van der Waals surface area contributed by atoms with Crippen LogP contribution < -0.4 is 4.74 Å². The van der Waals surface area contributed by atoms with Gasteiger partial charge in [0.15, 0.2) is 0 Å². The molecule has 144 valence electrons. The summed E-state index contributed by atoms with van der Waals surface area (Å²) in [4.78, 5) is 23.0. The fourth-order valence-corrected chi connectivity index (χ4v) is 2.19. The molecule has 0 saturated carbocycles. The Kier molecular flexibility index (Phi) is 6.96. The Labute approximate surface area is 159 Å². The molecule has 0 aromatic heterocycles. The first kappa shape index (κ1) is 20.5. The number of esters is 2. The molecule has 0 amide bonds. The van der Waals surface area contributed by atoms with Gasteiger partial charge in [-0.05, 0) is 62.7 Å². The predicted octanol–water partition coefficient (Wildman–Crippen LogP) is 4.12. The summed E-state index contributed by atoms with van der Waals surface area (Å²) in [7, 11) is 1.34. The second kappa shape index (κ2) is 9.19. The van der Waals surface area contributed by atoms with E-state index in [1.807, 2.05) is 32.9 Å². The van der Waals surface area contributed by atoms with Crippen molar-refractivity contribution in [1.82, 2.24) is 0 Å². The maximum atomic E-state index is 11.6. The highest BCUT2D eigenvalue weighted by molar-refractivity contribution is 5.89. The molecule has 2 aromatic rings. The first-order valence-corrected chi connectivity index (χ1v) is 8.51. The number of rotatable bonds is 7. The molecule has 0 radical (unpaired) electrons. The number of hydrogen-bond acceptors (Lipinski definition) is 6. The smallest absolute Gasteiger partial charge is 0.337 e. The number of methoxy groups -OCH3 is 1. The summed E-state index contributed by atoms with van der Waals surface area (Å²) < 4.78 is 20.9. The molecule has 0 saturated heterocycles. The van der Waals surface area contributed by atoms with Gasteiger partial charge in [-0.2, -0.15) is 0 Å². The predicted molar refractivity (Wildman–Crippen MR) is 99.8 cm³/mol. The van der Waals surface area contributed by atoms with Crippen LogP contribution in [0, 0.1) is 0 Å². The lowest BCUT2D eigenvalue weighted by Gasteiger charge is -2.19. The van der Waals surface area contributed by atoms with Crippen LogP contribution in [0.15, 0.2) is 48.5 Å². The van der Waals surface area contributed by atoms with Gasteiger partial charge in [-0.1, -0.05) is 12.1 Å². The van der Waals surface area contributed by atoms with Crippen molar-refractivity contribution in [1.29, 1.82) is 0 Å². The Balaban J connectivity index is 1.83. The van der Waals surface area contributed by atoms with E-state index < -0.39 is 17.5 Å². The van der Waals surface area contributed by atoms with E-state index in [1.165, 1.54) is 7.11 Å². The van der Waals surface area contributed by atoms with E-state index in [-0.39, 0.29) is 6.61 Å². The first-order valence-electron chi connectivity index (χ1n) is 8.51. The minimum atomic E-state index is -0.519. The maximum Gasteiger partial charge on any atom is 0.337 e. The minimum absolute atomic E-state index is 0.0952. The fourth-order valence-electron chi connectivity index (χ4n) is 2.19. The summed E-state index contributed by atoms with van der Waals surface area (Å²) in [5, 5.41) is 0. The molecule has 0 spiro atoms. The van der Waals surface area contributed by atoms with Gasteiger partial charge < -0.3 is 18.9 Å². The summed E-state index contributed by atoms with van der Waals surface area (Å²) in [6.45, 7) is 5.64. The van der Waals surface area contributed by atoms with Gasteiger partial charge >= 0.3 is 11.9 Å². The number of carbonyl (C=O) groups is 2. The van der Waals surface area contributed by atoms with Gasteiger partial charge in [0.05, 0.1) is 19.3 Å². The zero-order chi connectivity index (χ0) is 19.9. The molecule has 27 heavy (non-hydrogen) atoms. The third kappa shape index (κ3) is 7.11. The second-order valence-electron chi connectivity index (χ2n) is 6.84. The zero-order valence-corrected chi connectivity index (χ0v) is 16.0. The molecule has 2 rings (SSSR count). The minimum Gasteiger partial charge on any atom is -0.465 e. The van der Waals surface area contributed by atoms with Crippen LogP contribution >= 0.6 is 0 Å². The molecular formula is C21H24O6. The standard InChI is InChI=1S/C21H24O6/c1-21(2,3)27-19(22)14-25-13-15-5-9-17(10-6-15)26-18-11-7-16(8-12-18)20(23)24-4/h5-12H,13-14H2,1-4H3. The Morgan fingerprint density at radius 2 is 1.44 bits per heavy atom. The van der Waals surface area contributed by atoms with Crippen LogP contribution in [0.2, 0.25) is 0 Å². The SMILES string of the molecule is COC(=O)c1ccc(Oc2ccc(COCC(=O)OC(C)(C)C)cc2)cc1. The van der Waals surface area contributed by atoms with Crippen molar-refractivity contribution in [2.45, 2.75) is 33.0 Å². The van der Waals surface area contributed by atoms with Crippen LogP contribution in [0.5, 0.6) is 11.5 Å². The molecule has 0 atom stereocenters. The lowest BCUT2D eigenvalue weighted by molar-refractivity contribution is -0.160. The van der Waals surface area contributed by atoms with Crippen molar-refractivity contribution < 1.29 is 28.5 Å². The third-order valence-electron chi connectivity index (χ3n) is 3.34. The lowest BCUT2D eigenvalue weighted by atomic mass is 10.2. The molecule has 6 heteroatoms. The van der Waals surface area contributed by atoms with E-state index in [0.29, 0.717) is 23.7 Å². The lowest BCUT2D eigenvalue weighted by Crippen LogP contribution is -2.26. The average Bonchev–Trinajstić information content (AvgIpc) is 2.61. The van der Waals surface area contributed by atoms with Crippen molar-refractivity contribution in [2.24, 2.45) is 0 Å². The fraction of sp³-hybridized carbons (Fsp3) is 0.333. The van der Waals surface area contributed by atoms with E-state index in [1.54, 1.807) is 36.4 Å². The second-order valence-corrected chi connectivity index (χ2v) is 6.84. The Morgan fingerprint density at radius 3 is 1.96 bits per heavy atom. The van der Waals surface area contributed by atoms with Gasteiger partial charge in [-0.3, -0.25) is 0 Å². The van der Waals surface area contributed by atoms with E-state index >= 15 is 0 Å². The van der Waals surface area contributed by atoms with Gasteiger partial charge in [0, 0.05) is 0 Å². The monoisotopic (exact) mass is 372 g/mol. The van der Waals surface area contributed by atoms with Gasteiger partial charge in [0.25, 0.3) is 0 Å². The molecule has 6 nitrogen and oxygen atoms in total. The summed E-state index contributed by atoms with van der Waals surface area (Å²) in [5.74, 6) is 0.475. The van der Waals surface area contributed by atoms with E-state index in [0.717, 1.165) is 5.56 Å². The summed E-state index contributed by atoms with van der Waals surface area (Å²) in [6.07, 6.45) is 0. The highest BCUT2D eigenvalue weighted by Gasteiger charge is 2.16. The topological polar surface area (TPSA) is 71.1 Å². The largest absolute Gasteiger partial charge is 0.465 e. The third-order valence-corrected chi connectivity index (χ3v) is 3.34. The number of benzene rings is 2. The van der Waals surface area contributed by atoms with Crippen LogP contribution in [0.25, 0.3) is 0 Å². The van der Waals surface area contributed by atoms with Crippen LogP contribution in [-0.4, -0.2) is 31.3 Å².